The maximum atomic E-state index is 4.93. The Morgan fingerprint density at radius 1 is 0.912 bits per heavy atom. The molecule has 0 aromatic heterocycles. The molecule has 9 heteroatoms. The molecule has 1 aliphatic rings. The molecule has 0 bridgehead atoms. The quantitative estimate of drug-likeness (QED) is 0.124. The van der Waals surface area contributed by atoms with Crippen LogP contribution in [0.3, 0.4) is 0 Å². The molecule has 0 saturated carbocycles. The summed E-state index contributed by atoms with van der Waals surface area (Å²) in [6, 6.07) is 29.6. The number of aryl methyl sites for hydroxylation is 1. The van der Waals surface area contributed by atoms with Crippen LogP contribution in [-0.2, 0) is 16.1 Å². The molecule has 0 atom stereocenters. The first-order chi connectivity index (χ1) is 16.5. The van der Waals surface area contributed by atoms with Crippen LogP contribution in [0, 0.1) is 13.5 Å². The molecule has 0 aliphatic carbocycles. The Bertz CT molecular complexity index is 910. The minimum absolute atomic E-state index is 0.865. The SMILES string of the molecule is CNN=C(N[PH+](c1ccccc1)c1ccccc1)c1ccc(C)cc1.[CH-]1CCCO1.[Cl][Cr+]([Cl])[Cl]. The van der Waals surface area contributed by atoms with Crippen LogP contribution in [0.5, 0.6) is 0 Å². The normalized spacial score (nSPS) is 13.0. The molecule has 0 spiro atoms. The molecule has 0 amide bonds. The van der Waals surface area contributed by atoms with Crippen molar-refractivity contribution in [1.82, 2.24) is 10.5 Å². The Morgan fingerprint density at radius 2 is 1.44 bits per heavy atom. The van der Waals surface area contributed by atoms with Crippen molar-refractivity contribution < 1.29 is 16.1 Å². The molecule has 182 valence electrons. The number of halogens is 3. The molecule has 2 N–H and O–H groups in total. The second-order valence-electron chi connectivity index (χ2n) is 7.14. The third kappa shape index (κ3) is 11.4. The van der Waals surface area contributed by atoms with E-state index in [9.17, 15) is 0 Å². The molecular weight excluding hydrogens is 548 g/mol. The van der Waals surface area contributed by atoms with Crippen molar-refractivity contribution in [3.63, 3.8) is 0 Å². The summed E-state index contributed by atoms with van der Waals surface area (Å²) in [5.74, 6) is 0.865. The first-order valence-electron chi connectivity index (χ1n) is 10.7. The molecule has 1 saturated heterocycles. The molecule has 1 fully saturated rings. The third-order valence-corrected chi connectivity index (χ3v) is 6.93. The van der Waals surface area contributed by atoms with Gasteiger partial charge in [0, 0.05) is 19.2 Å². The molecule has 4 rings (SSSR count). The van der Waals surface area contributed by atoms with Crippen LogP contribution in [0.15, 0.2) is 90.0 Å². The van der Waals surface area contributed by atoms with Gasteiger partial charge in [0.25, 0.3) is 0 Å². The number of hydrogen-bond acceptors (Lipinski definition) is 3. The van der Waals surface area contributed by atoms with Crippen LogP contribution in [0.1, 0.15) is 24.0 Å². The summed E-state index contributed by atoms with van der Waals surface area (Å²) < 4.78 is 4.82. The van der Waals surface area contributed by atoms with E-state index in [4.69, 9.17) is 34.9 Å². The zero-order valence-electron chi connectivity index (χ0n) is 19.2. The fourth-order valence-electron chi connectivity index (χ4n) is 3.04. The van der Waals surface area contributed by atoms with Crippen LogP contribution in [0.4, 0.5) is 0 Å². The summed E-state index contributed by atoms with van der Waals surface area (Å²) in [4.78, 5) is 0. The summed E-state index contributed by atoms with van der Waals surface area (Å²) >= 11 is -1.62. The zero-order chi connectivity index (χ0) is 24.6. The van der Waals surface area contributed by atoms with Gasteiger partial charge >= 0.3 is 41.5 Å². The van der Waals surface area contributed by atoms with Crippen molar-refractivity contribution in [1.29, 1.82) is 0 Å². The number of hydrogen-bond donors (Lipinski definition) is 2. The fraction of sp³-hybridized carbons (Fsp3) is 0.200. The Balaban J connectivity index is 0.000000382. The molecular formula is C25H30Cl3CrN3OP+. The maximum absolute atomic E-state index is 4.93. The Labute approximate surface area is 221 Å². The van der Waals surface area contributed by atoms with Crippen molar-refractivity contribution in [3.8, 4) is 0 Å². The first-order valence-corrected chi connectivity index (χ1v) is 17.5. The number of hydrazone groups is 1. The average molecular weight is 578 g/mol. The van der Waals surface area contributed by atoms with Crippen molar-refractivity contribution in [2.24, 2.45) is 5.10 Å². The van der Waals surface area contributed by atoms with E-state index in [2.05, 4.69) is 107 Å². The summed E-state index contributed by atoms with van der Waals surface area (Å²) in [5.41, 5.74) is 5.25. The summed E-state index contributed by atoms with van der Waals surface area (Å²) in [6.45, 7) is 4.90. The van der Waals surface area contributed by atoms with Gasteiger partial charge in [0.05, 0.1) is 0 Å². The Kier molecular flexibility index (Phi) is 14.6. The molecule has 34 heavy (non-hydrogen) atoms. The summed E-state index contributed by atoms with van der Waals surface area (Å²) in [5, 5.41) is 10.8. The number of benzene rings is 3. The topological polar surface area (TPSA) is 45.7 Å². The molecule has 1 aliphatic heterocycles. The number of nitrogens with one attached hydrogen (secondary N) is 2. The van der Waals surface area contributed by atoms with Gasteiger partial charge in [0.2, 0.25) is 0 Å². The van der Waals surface area contributed by atoms with E-state index in [1.54, 1.807) is 0 Å². The standard InChI is InChI=1S/C21H22N3P.C4H7O.3ClH.Cr/c1-17-13-15-18(16-14-17)21(23-22-2)24-25(19-9-5-3-6-10-19)20-11-7-4-8-12-20;1-2-4-5-3-1;;;;/h3-16,22H,1-2H3,(H,23,24);3H,1-2,4H2;3*1H;/q;-1;;;;+4/p-2. The van der Waals surface area contributed by atoms with E-state index in [1.807, 2.05) is 13.7 Å². The zero-order valence-corrected chi connectivity index (χ0v) is 23.7. The number of ether oxygens (including phenoxy) is 1. The number of rotatable bonds is 5. The van der Waals surface area contributed by atoms with Gasteiger partial charge in [-0.05, 0) is 31.2 Å². The number of amidine groups is 1. The van der Waals surface area contributed by atoms with Gasteiger partial charge in [0.15, 0.2) is 13.9 Å². The molecule has 3 aromatic rings. The Morgan fingerprint density at radius 3 is 1.82 bits per heavy atom. The molecule has 1 heterocycles. The van der Waals surface area contributed by atoms with Crippen LogP contribution >= 0.6 is 38.2 Å². The van der Waals surface area contributed by atoms with Gasteiger partial charge in [-0.1, -0.05) is 72.6 Å². The molecule has 4 nitrogen and oxygen atoms in total. The van der Waals surface area contributed by atoms with Crippen molar-refractivity contribution in [2.45, 2.75) is 19.8 Å². The van der Waals surface area contributed by atoms with Crippen molar-refractivity contribution >= 4 is 54.7 Å². The minimum atomic E-state index is -1.62. The van der Waals surface area contributed by atoms with Gasteiger partial charge in [-0.3, -0.25) is 0 Å². The summed E-state index contributed by atoms with van der Waals surface area (Å²) in [7, 11) is 15.4. The molecule has 0 unspecified atom stereocenters. The second-order valence-corrected chi connectivity index (χ2v) is 15.6. The molecule has 3 aromatic carbocycles. The second kappa shape index (κ2) is 17.2. The first kappa shape index (κ1) is 29.0. The van der Waals surface area contributed by atoms with Gasteiger partial charge in [-0.2, -0.15) is 11.5 Å². The predicted molar refractivity (Wildman–Crippen MR) is 147 cm³/mol. The van der Waals surface area contributed by atoms with E-state index in [1.165, 1.54) is 22.6 Å². The van der Waals surface area contributed by atoms with Crippen molar-refractivity contribution in [3.05, 3.63) is 103 Å². The van der Waals surface area contributed by atoms with Gasteiger partial charge in [-0.15, -0.1) is 0 Å². The number of nitrogens with zero attached hydrogens (tertiary/aromatic N) is 1. The summed E-state index contributed by atoms with van der Waals surface area (Å²) in [6.07, 6.45) is 2.38. The van der Waals surface area contributed by atoms with Crippen LogP contribution in [0.25, 0.3) is 0 Å². The fourth-order valence-corrected chi connectivity index (χ4v) is 5.15. The van der Waals surface area contributed by atoms with E-state index in [0.29, 0.717) is 0 Å². The monoisotopic (exact) mass is 576 g/mol. The van der Waals surface area contributed by atoms with E-state index >= 15 is 0 Å². The van der Waals surface area contributed by atoms with Crippen LogP contribution < -0.4 is 21.1 Å². The third-order valence-electron chi connectivity index (χ3n) is 4.62. The van der Waals surface area contributed by atoms with Gasteiger partial charge < -0.3 is 10.2 Å². The van der Waals surface area contributed by atoms with Crippen LogP contribution in [-0.4, -0.2) is 19.5 Å². The van der Waals surface area contributed by atoms with Crippen molar-refractivity contribution in [2.75, 3.05) is 13.7 Å². The van der Waals surface area contributed by atoms with Crippen LogP contribution in [0.2, 0.25) is 0 Å². The van der Waals surface area contributed by atoms with E-state index in [-0.39, 0.29) is 0 Å². The van der Waals surface area contributed by atoms with E-state index < -0.39 is 19.5 Å². The van der Waals surface area contributed by atoms with Gasteiger partial charge in [-0.25, -0.2) is 11.7 Å². The molecule has 0 radical (unpaired) electrons. The van der Waals surface area contributed by atoms with E-state index in [0.717, 1.165) is 24.4 Å². The average Bonchev–Trinajstić information content (AvgIpc) is 3.44. The Hall–Kier alpha value is -1.28. The van der Waals surface area contributed by atoms with Gasteiger partial charge in [0.1, 0.15) is 10.6 Å². The predicted octanol–water partition coefficient (Wildman–Crippen LogP) is 6.27.